The number of hydrogen-bond donors (Lipinski definition) is 0. The normalized spacial score (nSPS) is 19.8. The van der Waals surface area contributed by atoms with Crippen molar-refractivity contribution in [1.29, 1.82) is 0 Å². The van der Waals surface area contributed by atoms with E-state index < -0.39 is 0 Å². The van der Waals surface area contributed by atoms with Crippen LogP contribution < -0.4 is 0 Å². The van der Waals surface area contributed by atoms with Crippen LogP contribution in [0.2, 0.25) is 0 Å². The van der Waals surface area contributed by atoms with Gasteiger partial charge in [0.1, 0.15) is 0 Å². The van der Waals surface area contributed by atoms with E-state index in [0.29, 0.717) is 25.4 Å². The topological polar surface area (TPSA) is 43.4 Å². The van der Waals surface area contributed by atoms with Crippen LogP contribution in [0.5, 0.6) is 0 Å². The van der Waals surface area contributed by atoms with Gasteiger partial charge in [-0.3, -0.25) is 9.59 Å². The van der Waals surface area contributed by atoms with E-state index in [1.165, 1.54) is 0 Å². The first-order valence-electron chi connectivity index (χ1n) is 6.09. The second kappa shape index (κ2) is 7.20. The number of esters is 1. The minimum absolute atomic E-state index is 0.100. The smallest absolute Gasteiger partial charge is 0.305 e. The van der Waals surface area contributed by atoms with Crippen LogP contribution >= 0.6 is 0 Å². The zero-order valence-corrected chi connectivity index (χ0v) is 9.91. The third-order valence-corrected chi connectivity index (χ3v) is 2.83. The third-order valence-electron chi connectivity index (χ3n) is 2.83. The van der Waals surface area contributed by atoms with Gasteiger partial charge in [0.05, 0.1) is 6.61 Å². The molecule has 0 radical (unpaired) electrons. The largest absolute Gasteiger partial charge is 0.466 e. The molecule has 3 nitrogen and oxygen atoms in total. The van der Waals surface area contributed by atoms with Gasteiger partial charge in [-0.25, -0.2) is 0 Å². The zero-order valence-electron chi connectivity index (χ0n) is 9.91. The summed E-state index contributed by atoms with van der Waals surface area (Å²) in [6.07, 6.45) is 8.86. The first-order valence-corrected chi connectivity index (χ1v) is 6.09. The molecule has 0 aromatic carbocycles. The fourth-order valence-electron chi connectivity index (χ4n) is 1.90. The Bertz CT molecular complexity index is 268. The Balaban J connectivity index is 2.05. The van der Waals surface area contributed by atoms with Crippen LogP contribution in [0.25, 0.3) is 0 Å². The van der Waals surface area contributed by atoms with Crippen molar-refractivity contribution in [3.8, 4) is 0 Å². The molecule has 0 fully saturated rings. The van der Waals surface area contributed by atoms with Crippen molar-refractivity contribution in [3.63, 3.8) is 0 Å². The Morgan fingerprint density at radius 1 is 1.50 bits per heavy atom. The quantitative estimate of drug-likeness (QED) is 0.514. The molecule has 0 aromatic heterocycles. The van der Waals surface area contributed by atoms with Gasteiger partial charge in [0.25, 0.3) is 0 Å². The van der Waals surface area contributed by atoms with Gasteiger partial charge >= 0.3 is 5.97 Å². The fraction of sp³-hybridized carbons (Fsp3) is 0.692. The summed E-state index contributed by atoms with van der Waals surface area (Å²) >= 11 is 0. The molecule has 1 atom stereocenters. The van der Waals surface area contributed by atoms with Crippen molar-refractivity contribution in [1.82, 2.24) is 0 Å². The maximum absolute atomic E-state index is 11.1. The second-order valence-electron chi connectivity index (χ2n) is 4.17. The van der Waals surface area contributed by atoms with E-state index >= 15 is 0 Å². The predicted octanol–water partition coefficient (Wildman–Crippen LogP) is 2.65. The molecule has 0 spiro atoms. The van der Waals surface area contributed by atoms with Crippen LogP contribution in [0.15, 0.2) is 12.2 Å². The number of unbranched alkanes of at least 4 members (excludes halogenated alkanes) is 1. The summed E-state index contributed by atoms with van der Waals surface area (Å²) in [5.41, 5.74) is 0. The SMILES string of the molecule is CCOC(=O)CCCCC1C=CC(=O)CC1. The number of carbonyl (C=O) groups excluding carboxylic acids is 2. The molecule has 0 N–H and O–H groups in total. The number of ether oxygens (including phenoxy) is 1. The molecule has 0 heterocycles. The molecule has 0 amide bonds. The van der Waals surface area contributed by atoms with E-state index in [-0.39, 0.29) is 11.8 Å². The maximum atomic E-state index is 11.1. The van der Waals surface area contributed by atoms with Crippen LogP contribution in [-0.4, -0.2) is 18.4 Å². The molecule has 1 rings (SSSR count). The minimum Gasteiger partial charge on any atom is -0.466 e. The summed E-state index contributed by atoms with van der Waals surface area (Å²) in [6, 6.07) is 0. The summed E-state index contributed by atoms with van der Waals surface area (Å²) in [5.74, 6) is 0.666. The summed E-state index contributed by atoms with van der Waals surface area (Å²) in [5, 5.41) is 0. The van der Waals surface area contributed by atoms with Crippen LogP contribution in [-0.2, 0) is 14.3 Å². The van der Waals surface area contributed by atoms with E-state index in [9.17, 15) is 9.59 Å². The number of rotatable bonds is 6. The van der Waals surface area contributed by atoms with Gasteiger partial charge in [0.15, 0.2) is 5.78 Å². The first-order chi connectivity index (χ1) is 7.72. The van der Waals surface area contributed by atoms with Gasteiger partial charge < -0.3 is 4.74 Å². The molecule has 3 heteroatoms. The minimum atomic E-state index is -0.100. The van der Waals surface area contributed by atoms with Gasteiger partial charge in [-0.2, -0.15) is 0 Å². The van der Waals surface area contributed by atoms with Crippen molar-refractivity contribution in [2.45, 2.75) is 45.4 Å². The van der Waals surface area contributed by atoms with E-state index in [2.05, 4.69) is 0 Å². The van der Waals surface area contributed by atoms with E-state index in [1.807, 2.05) is 13.0 Å². The Morgan fingerprint density at radius 2 is 2.31 bits per heavy atom. The Hall–Kier alpha value is -1.12. The lowest BCUT2D eigenvalue weighted by molar-refractivity contribution is -0.143. The molecule has 1 aliphatic rings. The van der Waals surface area contributed by atoms with Crippen molar-refractivity contribution in [2.24, 2.45) is 5.92 Å². The molecule has 90 valence electrons. The zero-order chi connectivity index (χ0) is 11.8. The summed E-state index contributed by atoms with van der Waals surface area (Å²) in [4.78, 5) is 22.0. The van der Waals surface area contributed by atoms with E-state index in [0.717, 1.165) is 25.7 Å². The van der Waals surface area contributed by atoms with Crippen LogP contribution in [0.3, 0.4) is 0 Å². The number of ketones is 1. The number of allylic oxidation sites excluding steroid dienone is 2. The molecular formula is C13H20O3. The molecule has 1 aliphatic carbocycles. The van der Waals surface area contributed by atoms with Crippen LogP contribution in [0, 0.1) is 5.92 Å². The summed E-state index contributed by atoms with van der Waals surface area (Å²) in [6.45, 7) is 2.29. The Labute approximate surface area is 96.9 Å². The summed E-state index contributed by atoms with van der Waals surface area (Å²) in [7, 11) is 0. The lowest BCUT2D eigenvalue weighted by Gasteiger charge is -2.14. The fourth-order valence-corrected chi connectivity index (χ4v) is 1.90. The van der Waals surface area contributed by atoms with Crippen molar-refractivity contribution in [2.75, 3.05) is 6.61 Å². The molecule has 1 unspecified atom stereocenters. The standard InChI is InChI=1S/C13H20O3/c1-2-16-13(15)6-4-3-5-11-7-9-12(14)10-8-11/h7,9,11H,2-6,8,10H2,1H3. The van der Waals surface area contributed by atoms with E-state index in [4.69, 9.17) is 4.74 Å². The highest BCUT2D eigenvalue weighted by Gasteiger charge is 2.12. The number of carbonyl (C=O) groups is 2. The van der Waals surface area contributed by atoms with Crippen molar-refractivity contribution < 1.29 is 14.3 Å². The predicted molar refractivity (Wildman–Crippen MR) is 62.0 cm³/mol. The molecule has 0 saturated carbocycles. The van der Waals surface area contributed by atoms with Crippen molar-refractivity contribution in [3.05, 3.63) is 12.2 Å². The molecule has 0 saturated heterocycles. The highest BCUT2D eigenvalue weighted by atomic mass is 16.5. The highest BCUT2D eigenvalue weighted by Crippen LogP contribution is 2.21. The van der Waals surface area contributed by atoms with Crippen molar-refractivity contribution >= 4 is 11.8 Å². The number of hydrogen-bond acceptors (Lipinski definition) is 3. The van der Waals surface area contributed by atoms with Gasteiger partial charge in [-0.15, -0.1) is 0 Å². The summed E-state index contributed by atoms with van der Waals surface area (Å²) < 4.78 is 4.85. The molecule has 16 heavy (non-hydrogen) atoms. The second-order valence-corrected chi connectivity index (χ2v) is 4.17. The molecule has 0 bridgehead atoms. The van der Waals surface area contributed by atoms with Crippen LogP contribution in [0.4, 0.5) is 0 Å². The van der Waals surface area contributed by atoms with Gasteiger partial charge in [-0.05, 0) is 38.2 Å². The van der Waals surface area contributed by atoms with Gasteiger partial charge in [0, 0.05) is 12.8 Å². The van der Waals surface area contributed by atoms with Gasteiger partial charge in [0.2, 0.25) is 0 Å². The Kier molecular flexibility index (Phi) is 5.83. The lowest BCUT2D eigenvalue weighted by Crippen LogP contribution is -2.08. The van der Waals surface area contributed by atoms with Gasteiger partial charge in [-0.1, -0.05) is 12.5 Å². The average molecular weight is 224 g/mol. The lowest BCUT2D eigenvalue weighted by atomic mass is 9.90. The first kappa shape index (κ1) is 12.9. The average Bonchev–Trinajstić information content (AvgIpc) is 2.27. The monoisotopic (exact) mass is 224 g/mol. The molecular weight excluding hydrogens is 204 g/mol. The maximum Gasteiger partial charge on any atom is 0.305 e. The van der Waals surface area contributed by atoms with E-state index in [1.54, 1.807) is 6.08 Å². The highest BCUT2D eigenvalue weighted by molar-refractivity contribution is 5.90. The molecule has 0 aliphatic heterocycles. The van der Waals surface area contributed by atoms with Crippen LogP contribution in [0.1, 0.15) is 45.4 Å². The molecule has 0 aromatic rings. The Morgan fingerprint density at radius 3 is 2.94 bits per heavy atom. The third kappa shape index (κ3) is 5.10.